The molecule has 1 aliphatic heterocycles. The maximum atomic E-state index is 14.1. The van der Waals surface area contributed by atoms with Gasteiger partial charge in [-0.2, -0.15) is 0 Å². The molecule has 2 aromatic carbocycles. The molecule has 2 aromatic heterocycles. The molecular formula is C26H21F2N3O3. The molecule has 0 saturated heterocycles. The lowest BCUT2D eigenvalue weighted by atomic mass is 10.0. The first kappa shape index (κ1) is 21.8. The zero-order chi connectivity index (χ0) is 23.8. The van der Waals surface area contributed by atoms with E-state index < -0.39 is 17.3 Å². The van der Waals surface area contributed by atoms with Crippen LogP contribution in [0.3, 0.4) is 0 Å². The van der Waals surface area contributed by atoms with Crippen molar-refractivity contribution in [3.8, 4) is 0 Å². The monoisotopic (exact) mass is 461 g/mol. The Morgan fingerprint density at radius 1 is 1.03 bits per heavy atom. The van der Waals surface area contributed by atoms with Crippen molar-refractivity contribution in [3.05, 3.63) is 100 Å². The van der Waals surface area contributed by atoms with Gasteiger partial charge >= 0.3 is 5.97 Å². The molecule has 1 amide bonds. The highest BCUT2D eigenvalue weighted by Gasteiger charge is 2.27. The van der Waals surface area contributed by atoms with Gasteiger partial charge in [0.05, 0.1) is 18.5 Å². The van der Waals surface area contributed by atoms with Crippen molar-refractivity contribution in [2.75, 3.05) is 6.54 Å². The maximum absolute atomic E-state index is 14.1. The summed E-state index contributed by atoms with van der Waals surface area (Å²) in [5, 5.41) is 10.0. The SMILES string of the molecule is O=C(O)c1ccc(CC(=O)N2CCc3c(n(Cc4cccc(F)c4)c4ncccc34)C2)cc1F. The fourth-order valence-corrected chi connectivity index (χ4v) is 4.59. The van der Waals surface area contributed by atoms with Gasteiger partial charge in [0, 0.05) is 30.4 Å². The van der Waals surface area contributed by atoms with Gasteiger partial charge in [0.15, 0.2) is 0 Å². The van der Waals surface area contributed by atoms with Crippen LogP contribution in [0.4, 0.5) is 8.78 Å². The number of rotatable bonds is 5. The summed E-state index contributed by atoms with van der Waals surface area (Å²) in [6.45, 7) is 1.29. The standard InChI is InChI=1S/C26H21F2N3O3/c27-18-4-1-3-17(11-18)14-31-23-15-30(10-8-19(23)20-5-2-9-29-25(20)31)24(32)13-16-6-7-21(26(33)34)22(28)12-16/h1-7,9,11-12H,8,10,13-15H2,(H,33,34). The summed E-state index contributed by atoms with van der Waals surface area (Å²) in [6, 6.07) is 14.0. The van der Waals surface area contributed by atoms with Gasteiger partial charge in [0.1, 0.15) is 17.3 Å². The number of hydrogen-bond donors (Lipinski definition) is 1. The van der Waals surface area contributed by atoms with Crippen LogP contribution >= 0.6 is 0 Å². The molecule has 34 heavy (non-hydrogen) atoms. The number of amides is 1. The van der Waals surface area contributed by atoms with Crippen LogP contribution in [0.2, 0.25) is 0 Å². The third-order valence-electron chi connectivity index (χ3n) is 6.22. The summed E-state index contributed by atoms with van der Waals surface area (Å²) in [7, 11) is 0. The van der Waals surface area contributed by atoms with E-state index in [1.165, 1.54) is 24.3 Å². The molecule has 0 fully saturated rings. The van der Waals surface area contributed by atoms with Crippen LogP contribution in [-0.4, -0.2) is 38.0 Å². The van der Waals surface area contributed by atoms with Crippen molar-refractivity contribution < 1.29 is 23.5 Å². The zero-order valence-electron chi connectivity index (χ0n) is 18.2. The second-order valence-corrected chi connectivity index (χ2v) is 8.38. The van der Waals surface area contributed by atoms with E-state index in [9.17, 15) is 18.4 Å². The quantitative estimate of drug-likeness (QED) is 0.484. The number of hydrogen-bond acceptors (Lipinski definition) is 3. The molecule has 0 saturated carbocycles. The molecule has 3 heterocycles. The first-order valence-electron chi connectivity index (χ1n) is 10.9. The van der Waals surface area contributed by atoms with Crippen molar-refractivity contribution in [2.45, 2.75) is 25.9 Å². The highest BCUT2D eigenvalue weighted by Crippen LogP contribution is 2.31. The number of carboxylic acids is 1. The normalized spacial score (nSPS) is 13.2. The fraction of sp³-hybridized carbons (Fsp3) is 0.192. The van der Waals surface area contributed by atoms with Gasteiger partial charge in [-0.15, -0.1) is 0 Å². The largest absolute Gasteiger partial charge is 0.478 e. The summed E-state index contributed by atoms with van der Waals surface area (Å²) in [4.78, 5) is 30.3. The average Bonchev–Trinajstić information content (AvgIpc) is 3.12. The van der Waals surface area contributed by atoms with Gasteiger partial charge in [-0.3, -0.25) is 4.79 Å². The third-order valence-corrected chi connectivity index (χ3v) is 6.22. The molecule has 0 atom stereocenters. The number of carbonyl (C=O) groups is 2. The molecule has 172 valence electrons. The number of aromatic carboxylic acids is 1. The Balaban J connectivity index is 1.43. The van der Waals surface area contributed by atoms with E-state index in [-0.39, 0.29) is 18.1 Å². The first-order chi connectivity index (χ1) is 16.4. The zero-order valence-corrected chi connectivity index (χ0v) is 18.2. The molecule has 1 aliphatic rings. The number of aromatic nitrogens is 2. The summed E-state index contributed by atoms with van der Waals surface area (Å²) >= 11 is 0. The van der Waals surface area contributed by atoms with E-state index >= 15 is 0 Å². The minimum atomic E-state index is -1.35. The Hall–Kier alpha value is -4.07. The topological polar surface area (TPSA) is 75.4 Å². The number of halogens is 2. The highest BCUT2D eigenvalue weighted by atomic mass is 19.1. The third kappa shape index (κ3) is 4.03. The number of carboxylic acid groups (broad SMARTS) is 1. The van der Waals surface area contributed by atoms with Crippen LogP contribution in [0.25, 0.3) is 11.0 Å². The number of pyridine rings is 1. The average molecular weight is 461 g/mol. The van der Waals surface area contributed by atoms with E-state index in [0.717, 1.165) is 33.9 Å². The number of carbonyl (C=O) groups excluding carboxylic acids is 1. The van der Waals surface area contributed by atoms with Crippen LogP contribution < -0.4 is 0 Å². The Morgan fingerprint density at radius 3 is 2.65 bits per heavy atom. The van der Waals surface area contributed by atoms with Crippen LogP contribution in [-0.2, 0) is 30.7 Å². The molecule has 0 aliphatic carbocycles. The van der Waals surface area contributed by atoms with Crippen LogP contribution in [0.5, 0.6) is 0 Å². The van der Waals surface area contributed by atoms with Crippen molar-refractivity contribution >= 4 is 22.9 Å². The summed E-state index contributed by atoms with van der Waals surface area (Å²) in [6.07, 6.45) is 2.33. The molecule has 0 spiro atoms. The molecule has 5 rings (SSSR count). The number of benzene rings is 2. The fourth-order valence-electron chi connectivity index (χ4n) is 4.59. The van der Waals surface area contributed by atoms with E-state index in [2.05, 4.69) is 4.98 Å². The van der Waals surface area contributed by atoms with Gasteiger partial charge in [0.25, 0.3) is 0 Å². The van der Waals surface area contributed by atoms with E-state index in [1.807, 2.05) is 22.8 Å². The molecule has 0 radical (unpaired) electrons. The number of nitrogens with zero attached hydrogens (tertiary/aromatic N) is 3. The second-order valence-electron chi connectivity index (χ2n) is 8.38. The molecule has 0 bridgehead atoms. The Kier molecular flexibility index (Phi) is 5.57. The van der Waals surface area contributed by atoms with Gasteiger partial charge in [-0.25, -0.2) is 18.6 Å². The Bertz CT molecular complexity index is 1430. The van der Waals surface area contributed by atoms with Gasteiger partial charge in [-0.05, 0) is 59.5 Å². The predicted octanol–water partition coefficient (Wildman–Crippen LogP) is 4.19. The minimum absolute atomic E-state index is 0.0332. The second kappa shape index (κ2) is 8.70. The lowest BCUT2D eigenvalue weighted by Gasteiger charge is -2.29. The number of fused-ring (bicyclic) bond motifs is 3. The van der Waals surface area contributed by atoms with Crippen LogP contribution in [0.1, 0.15) is 32.7 Å². The smallest absolute Gasteiger partial charge is 0.338 e. The predicted molar refractivity (Wildman–Crippen MR) is 121 cm³/mol. The Morgan fingerprint density at radius 2 is 1.88 bits per heavy atom. The Labute approximate surface area is 194 Å². The lowest BCUT2D eigenvalue weighted by Crippen LogP contribution is -2.37. The van der Waals surface area contributed by atoms with Crippen molar-refractivity contribution in [1.82, 2.24) is 14.5 Å². The molecule has 0 unspecified atom stereocenters. The van der Waals surface area contributed by atoms with Gasteiger partial charge in [-0.1, -0.05) is 18.2 Å². The molecule has 8 heteroatoms. The van der Waals surface area contributed by atoms with E-state index in [0.29, 0.717) is 31.6 Å². The molecule has 1 N–H and O–H groups in total. The molecule has 6 nitrogen and oxygen atoms in total. The lowest BCUT2D eigenvalue weighted by molar-refractivity contribution is -0.131. The summed E-state index contributed by atoms with van der Waals surface area (Å²) in [5.41, 5.74) is 3.65. The van der Waals surface area contributed by atoms with E-state index in [4.69, 9.17) is 5.11 Å². The highest BCUT2D eigenvalue weighted by molar-refractivity contribution is 5.88. The van der Waals surface area contributed by atoms with Gasteiger partial charge in [0.2, 0.25) is 5.91 Å². The van der Waals surface area contributed by atoms with Crippen LogP contribution in [0, 0.1) is 11.6 Å². The van der Waals surface area contributed by atoms with Crippen molar-refractivity contribution in [3.63, 3.8) is 0 Å². The van der Waals surface area contributed by atoms with Crippen LogP contribution in [0.15, 0.2) is 60.8 Å². The van der Waals surface area contributed by atoms with E-state index in [1.54, 1.807) is 17.2 Å². The minimum Gasteiger partial charge on any atom is -0.478 e. The maximum Gasteiger partial charge on any atom is 0.338 e. The van der Waals surface area contributed by atoms with Gasteiger partial charge < -0.3 is 14.6 Å². The van der Waals surface area contributed by atoms with Crippen molar-refractivity contribution in [2.24, 2.45) is 0 Å². The summed E-state index contributed by atoms with van der Waals surface area (Å²) in [5.74, 6) is -2.70. The molecular weight excluding hydrogens is 440 g/mol. The molecule has 4 aromatic rings. The van der Waals surface area contributed by atoms with Crippen molar-refractivity contribution in [1.29, 1.82) is 0 Å². The first-order valence-corrected chi connectivity index (χ1v) is 10.9. The summed E-state index contributed by atoms with van der Waals surface area (Å²) < 4.78 is 29.9.